The lowest BCUT2D eigenvalue weighted by Gasteiger charge is -2.41. The van der Waals surface area contributed by atoms with E-state index in [1.54, 1.807) is 21.1 Å². The average molecular weight is 673 g/mol. The molecule has 264 valence electrons. The number of hydrogen-bond donors (Lipinski definition) is 2. The molecule has 8 atom stereocenters. The van der Waals surface area contributed by atoms with Gasteiger partial charge in [-0.3, -0.25) is 4.79 Å². The van der Waals surface area contributed by atoms with Gasteiger partial charge in [0.15, 0.2) is 17.3 Å². The topological polar surface area (TPSA) is 104 Å². The summed E-state index contributed by atoms with van der Waals surface area (Å²) >= 11 is 0. The van der Waals surface area contributed by atoms with Crippen LogP contribution in [0, 0.1) is 23.7 Å². The highest BCUT2D eigenvalue weighted by atomic mass is 16.8. The minimum atomic E-state index is -1.97. The smallest absolute Gasteiger partial charge is 0.285 e. The molecule has 2 N–H and O–H groups in total. The second kappa shape index (κ2) is 14.3. The molecule has 0 spiro atoms. The van der Waals surface area contributed by atoms with Crippen molar-refractivity contribution >= 4 is 5.78 Å². The minimum absolute atomic E-state index is 0.0696. The van der Waals surface area contributed by atoms with Gasteiger partial charge < -0.3 is 33.9 Å². The van der Waals surface area contributed by atoms with Crippen LogP contribution in [0.4, 0.5) is 0 Å². The van der Waals surface area contributed by atoms with Gasteiger partial charge in [0.05, 0.1) is 38.1 Å². The van der Waals surface area contributed by atoms with Crippen LogP contribution < -0.4 is 9.47 Å². The molecule has 5 rings (SSSR count). The quantitative estimate of drug-likeness (QED) is 0.208. The minimum Gasteiger partial charge on any atom is -0.494 e. The third-order valence-electron chi connectivity index (χ3n) is 10.7. The molecule has 1 heterocycles. The standard InChI is InChI=1S/C41H52O8/c1-25(2)39(7)21-27(4)37-33(29(6)48-41(44,49-39)23-30-13-11-10-12-14-30)19-32(22-40(43)34(37)17-26(3)38(40)42)24-47-28(5)18-31-15-16-35(45-8)36(20-31)46-9/h10-17,19-20,27,29,33-34,37,43-44H,1,5,18,21-24H2,2-4,6-9H3/t27?,29?,33?,34?,37?,39?,40?,41-/m1/s1. The molecular weight excluding hydrogens is 620 g/mol. The summed E-state index contributed by atoms with van der Waals surface area (Å²) in [5.74, 6) is -1.55. The molecule has 8 nitrogen and oxygen atoms in total. The van der Waals surface area contributed by atoms with Crippen LogP contribution in [0.5, 0.6) is 11.5 Å². The number of ether oxygens (including phenoxy) is 5. The van der Waals surface area contributed by atoms with E-state index in [2.05, 4.69) is 26.2 Å². The Hall–Kier alpha value is -3.69. The summed E-state index contributed by atoms with van der Waals surface area (Å²) in [6.45, 7) is 18.2. The monoisotopic (exact) mass is 672 g/mol. The van der Waals surface area contributed by atoms with Gasteiger partial charge in [0, 0.05) is 24.7 Å². The van der Waals surface area contributed by atoms with Gasteiger partial charge in [-0.15, -0.1) is 0 Å². The van der Waals surface area contributed by atoms with Crippen LogP contribution in [0.25, 0.3) is 0 Å². The number of carbonyl (C=O) groups is 1. The van der Waals surface area contributed by atoms with E-state index >= 15 is 0 Å². The lowest BCUT2D eigenvalue weighted by atomic mass is 9.65. The van der Waals surface area contributed by atoms with E-state index in [1.807, 2.05) is 75.4 Å². The first-order valence-electron chi connectivity index (χ1n) is 17.1. The summed E-state index contributed by atoms with van der Waals surface area (Å²) in [4.78, 5) is 13.7. The largest absolute Gasteiger partial charge is 0.494 e. The van der Waals surface area contributed by atoms with Gasteiger partial charge in [-0.2, -0.15) is 0 Å². The summed E-state index contributed by atoms with van der Waals surface area (Å²) in [6, 6.07) is 15.3. The van der Waals surface area contributed by atoms with Crippen LogP contribution in [0.2, 0.25) is 0 Å². The molecule has 0 amide bonds. The third kappa shape index (κ3) is 7.58. The van der Waals surface area contributed by atoms with Crippen molar-refractivity contribution in [2.75, 3.05) is 20.8 Å². The molecule has 2 aliphatic carbocycles. The highest BCUT2D eigenvalue weighted by molar-refractivity contribution is 6.04. The summed E-state index contributed by atoms with van der Waals surface area (Å²) in [5, 5.41) is 24.5. The Morgan fingerprint density at radius 3 is 2.35 bits per heavy atom. The molecule has 1 fully saturated rings. The average Bonchev–Trinajstić information content (AvgIpc) is 3.18. The molecule has 0 bridgehead atoms. The predicted octanol–water partition coefficient (Wildman–Crippen LogP) is 6.90. The highest BCUT2D eigenvalue weighted by Crippen LogP contribution is 2.53. The molecule has 7 unspecified atom stereocenters. The van der Waals surface area contributed by atoms with Gasteiger partial charge in [0.25, 0.3) is 5.97 Å². The Labute approximate surface area is 291 Å². The number of allylic oxidation sites excluding steroid dienone is 1. The molecule has 8 heteroatoms. The third-order valence-corrected chi connectivity index (χ3v) is 10.7. The number of benzene rings is 2. The van der Waals surface area contributed by atoms with Gasteiger partial charge in [0.1, 0.15) is 12.2 Å². The normalized spacial score (nSPS) is 33.0. The van der Waals surface area contributed by atoms with Crippen LogP contribution in [-0.2, 0) is 31.8 Å². The van der Waals surface area contributed by atoms with Crippen LogP contribution in [0.1, 0.15) is 58.6 Å². The van der Waals surface area contributed by atoms with E-state index in [4.69, 9.17) is 23.7 Å². The van der Waals surface area contributed by atoms with Crippen molar-refractivity contribution in [3.63, 3.8) is 0 Å². The SMILES string of the molecule is C=C(Cc1ccc(OC)c(OC)c1)OCC1=CC2C(C)O[C@](O)(Cc3ccccc3)OC(C)(C(=C)C)CC(C)C2C2C=C(C)C(=O)C2(O)C1. The van der Waals surface area contributed by atoms with Gasteiger partial charge in [0.2, 0.25) is 0 Å². The number of carbonyl (C=O) groups excluding carboxylic acids is 1. The molecule has 3 aliphatic rings. The first kappa shape index (κ1) is 36.6. The molecule has 1 saturated heterocycles. The van der Waals surface area contributed by atoms with Gasteiger partial charge in [-0.05, 0) is 85.9 Å². The summed E-state index contributed by atoms with van der Waals surface area (Å²) in [7, 11) is 3.18. The fraction of sp³-hybridized carbons (Fsp3) is 0.488. The summed E-state index contributed by atoms with van der Waals surface area (Å²) in [5.41, 5.74) is 1.25. The highest BCUT2D eigenvalue weighted by Gasteiger charge is 2.57. The van der Waals surface area contributed by atoms with Gasteiger partial charge in [-0.1, -0.05) is 68.6 Å². The maximum atomic E-state index is 13.7. The number of aliphatic hydroxyl groups is 2. The molecule has 0 radical (unpaired) electrons. The van der Waals surface area contributed by atoms with Crippen molar-refractivity contribution in [2.45, 2.75) is 83.6 Å². The second-order valence-corrected chi connectivity index (χ2v) is 14.5. The molecule has 0 aromatic heterocycles. The van der Waals surface area contributed by atoms with Crippen molar-refractivity contribution in [3.05, 3.63) is 107 Å². The van der Waals surface area contributed by atoms with E-state index in [1.165, 1.54) is 0 Å². The van der Waals surface area contributed by atoms with E-state index in [0.29, 0.717) is 35.7 Å². The van der Waals surface area contributed by atoms with E-state index in [0.717, 1.165) is 22.3 Å². The maximum absolute atomic E-state index is 13.7. The van der Waals surface area contributed by atoms with Crippen molar-refractivity contribution in [2.24, 2.45) is 23.7 Å². The Balaban J connectivity index is 1.50. The van der Waals surface area contributed by atoms with Crippen LogP contribution in [0.3, 0.4) is 0 Å². The number of rotatable bonds is 10. The van der Waals surface area contributed by atoms with E-state index < -0.39 is 29.2 Å². The second-order valence-electron chi connectivity index (χ2n) is 14.5. The summed E-state index contributed by atoms with van der Waals surface area (Å²) < 4.78 is 30.2. The fourth-order valence-electron chi connectivity index (χ4n) is 8.11. The molecule has 1 aliphatic heterocycles. The van der Waals surface area contributed by atoms with Crippen LogP contribution >= 0.6 is 0 Å². The van der Waals surface area contributed by atoms with E-state index in [9.17, 15) is 15.0 Å². The fourth-order valence-corrected chi connectivity index (χ4v) is 8.11. The number of ketones is 1. The van der Waals surface area contributed by atoms with Crippen molar-refractivity contribution in [1.29, 1.82) is 0 Å². The summed E-state index contributed by atoms with van der Waals surface area (Å²) in [6.07, 6.45) is 4.61. The molecule has 0 saturated carbocycles. The molecule has 2 aromatic rings. The number of Topliss-reactive ketones (excluding diaryl/α,β-unsaturated/α-hetero) is 1. The maximum Gasteiger partial charge on any atom is 0.285 e. The predicted molar refractivity (Wildman–Crippen MR) is 189 cm³/mol. The zero-order valence-electron chi connectivity index (χ0n) is 30.0. The van der Waals surface area contributed by atoms with Crippen LogP contribution in [-0.4, -0.2) is 60.1 Å². The lowest BCUT2D eigenvalue weighted by Crippen LogP contribution is -2.49. The Bertz CT molecular complexity index is 1630. The van der Waals surface area contributed by atoms with Crippen molar-refractivity contribution in [1.82, 2.24) is 0 Å². The van der Waals surface area contributed by atoms with Crippen molar-refractivity contribution < 1.29 is 38.7 Å². The Morgan fingerprint density at radius 1 is 1.00 bits per heavy atom. The van der Waals surface area contributed by atoms with Gasteiger partial charge >= 0.3 is 0 Å². The Kier molecular flexibility index (Phi) is 10.7. The van der Waals surface area contributed by atoms with Crippen LogP contribution in [0.15, 0.2) is 96.3 Å². The molecule has 49 heavy (non-hydrogen) atoms. The van der Waals surface area contributed by atoms with E-state index in [-0.39, 0.29) is 43.0 Å². The number of methoxy groups -OCH3 is 2. The number of fused-ring (bicyclic) bond motifs is 3. The Morgan fingerprint density at radius 2 is 1.69 bits per heavy atom. The first-order valence-corrected chi connectivity index (χ1v) is 17.1. The zero-order valence-corrected chi connectivity index (χ0v) is 30.0. The molecular formula is C41H52O8. The number of hydrogen-bond acceptors (Lipinski definition) is 8. The van der Waals surface area contributed by atoms with Gasteiger partial charge in [-0.25, -0.2) is 0 Å². The lowest BCUT2D eigenvalue weighted by molar-refractivity contribution is -0.399. The molecule has 2 aromatic carbocycles. The zero-order chi connectivity index (χ0) is 35.7. The van der Waals surface area contributed by atoms with Crippen molar-refractivity contribution in [3.8, 4) is 11.5 Å². The first-order chi connectivity index (χ1) is 23.1.